The summed E-state index contributed by atoms with van der Waals surface area (Å²) < 4.78 is 37.2. The lowest BCUT2D eigenvalue weighted by Crippen LogP contribution is -2.18. The van der Waals surface area contributed by atoms with Gasteiger partial charge in [-0.25, -0.2) is 0 Å². The third-order valence-corrected chi connectivity index (χ3v) is 1.35. The van der Waals surface area contributed by atoms with E-state index in [2.05, 4.69) is 5.10 Å². The van der Waals surface area contributed by atoms with Crippen LogP contribution < -0.4 is 5.73 Å². The standard InChI is InChI=1S/C6H8F3N3/c7-6(8,9)5-1-3-11-12(5)4-2-10/h1,3H,2,4,10H2. The van der Waals surface area contributed by atoms with Crippen molar-refractivity contribution in [3.05, 3.63) is 18.0 Å². The zero-order chi connectivity index (χ0) is 9.19. The van der Waals surface area contributed by atoms with E-state index in [1.807, 2.05) is 0 Å². The molecule has 0 spiro atoms. The van der Waals surface area contributed by atoms with Crippen LogP contribution in [-0.2, 0) is 12.7 Å². The maximum absolute atomic E-state index is 12.1. The van der Waals surface area contributed by atoms with Gasteiger partial charge in [-0.05, 0) is 6.07 Å². The molecule has 68 valence electrons. The first kappa shape index (κ1) is 9.05. The molecule has 1 heterocycles. The van der Waals surface area contributed by atoms with Gasteiger partial charge in [0.2, 0.25) is 0 Å². The van der Waals surface area contributed by atoms with Crippen molar-refractivity contribution in [1.29, 1.82) is 0 Å². The second-order valence-electron chi connectivity index (χ2n) is 2.23. The normalized spacial score (nSPS) is 12.0. The number of nitrogens with two attached hydrogens (primary N) is 1. The van der Waals surface area contributed by atoms with Crippen molar-refractivity contribution in [2.45, 2.75) is 12.7 Å². The Bertz CT molecular complexity index is 253. The molecular weight excluding hydrogens is 171 g/mol. The van der Waals surface area contributed by atoms with Gasteiger partial charge in [-0.2, -0.15) is 18.3 Å². The zero-order valence-electron chi connectivity index (χ0n) is 6.17. The molecule has 0 aliphatic rings. The molecule has 0 amide bonds. The number of nitrogens with zero attached hydrogens (tertiary/aromatic N) is 2. The minimum absolute atomic E-state index is 0.0852. The van der Waals surface area contributed by atoms with Crippen LogP contribution in [0.25, 0.3) is 0 Å². The molecule has 0 fully saturated rings. The number of halogens is 3. The Morgan fingerprint density at radius 1 is 1.50 bits per heavy atom. The van der Waals surface area contributed by atoms with Crippen LogP contribution in [0.3, 0.4) is 0 Å². The van der Waals surface area contributed by atoms with E-state index in [1.165, 1.54) is 0 Å². The van der Waals surface area contributed by atoms with Crippen LogP contribution in [0.2, 0.25) is 0 Å². The minimum atomic E-state index is -4.34. The van der Waals surface area contributed by atoms with E-state index >= 15 is 0 Å². The molecule has 0 aromatic carbocycles. The van der Waals surface area contributed by atoms with Crippen LogP contribution in [0, 0.1) is 0 Å². The molecule has 0 atom stereocenters. The highest BCUT2D eigenvalue weighted by Gasteiger charge is 2.34. The quantitative estimate of drug-likeness (QED) is 0.731. The molecule has 0 aliphatic heterocycles. The van der Waals surface area contributed by atoms with Crippen molar-refractivity contribution in [1.82, 2.24) is 9.78 Å². The summed E-state index contributed by atoms with van der Waals surface area (Å²) in [5.41, 5.74) is 4.35. The van der Waals surface area contributed by atoms with Crippen molar-refractivity contribution >= 4 is 0 Å². The number of rotatable bonds is 2. The van der Waals surface area contributed by atoms with E-state index in [0.29, 0.717) is 0 Å². The van der Waals surface area contributed by atoms with Gasteiger partial charge in [0, 0.05) is 12.7 Å². The lowest BCUT2D eigenvalue weighted by Gasteiger charge is -2.08. The van der Waals surface area contributed by atoms with Crippen LogP contribution in [0.4, 0.5) is 13.2 Å². The first-order valence-corrected chi connectivity index (χ1v) is 3.35. The van der Waals surface area contributed by atoms with E-state index < -0.39 is 11.9 Å². The topological polar surface area (TPSA) is 43.8 Å². The highest BCUT2D eigenvalue weighted by molar-refractivity contribution is 5.04. The van der Waals surface area contributed by atoms with Crippen LogP contribution >= 0.6 is 0 Å². The third kappa shape index (κ3) is 1.76. The monoisotopic (exact) mass is 179 g/mol. The molecule has 1 aromatic heterocycles. The zero-order valence-corrected chi connectivity index (χ0v) is 6.17. The van der Waals surface area contributed by atoms with Gasteiger partial charge in [-0.15, -0.1) is 0 Å². The molecule has 1 aromatic rings. The number of hydrogen-bond acceptors (Lipinski definition) is 2. The van der Waals surface area contributed by atoms with E-state index in [4.69, 9.17) is 5.73 Å². The largest absolute Gasteiger partial charge is 0.433 e. The average molecular weight is 179 g/mol. The Labute approximate surface area is 67.0 Å². The number of aromatic nitrogens is 2. The molecule has 6 heteroatoms. The summed E-state index contributed by atoms with van der Waals surface area (Å²) in [7, 11) is 0. The molecule has 0 radical (unpaired) electrons. The fraction of sp³-hybridized carbons (Fsp3) is 0.500. The molecule has 2 N–H and O–H groups in total. The third-order valence-electron chi connectivity index (χ3n) is 1.35. The molecule has 1 rings (SSSR count). The Morgan fingerprint density at radius 2 is 2.17 bits per heavy atom. The Hall–Kier alpha value is -1.04. The van der Waals surface area contributed by atoms with Crippen LogP contribution in [0.5, 0.6) is 0 Å². The predicted molar refractivity (Wildman–Crippen MR) is 36.3 cm³/mol. The van der Waals surface area contributed by atoms with Gasteiger partial charge in [0.25, 0.3) is 0 Å². The molecule has 3 nitrogen and oxygen atoms in total. The summed E-state index contributed by atoms with van der Waals surface area (Å²) in [6, 6.07) is 0.926. The maximum Gasteiger partial charge on any atom is 0.433 e. The molecular formula is C6H8F3N3. The molecule has 0 aliphatic carbocycles. The van der Waals surface area contributed by atoms with Crippen molar-refractivity contribution in [2.75, 3.05) is 6.54 Å². The van der Waals surface area contributed by atoms with E-state index in [0.717, 1.165) is 16.9 Å². The molecule has 0 saturated carbocycles. The summed E-state index contributed by atoms with van der Waals surface area (Å²) in [6.07, 6.45) is -3.23. The van der Waals surface area contributed by atoms with Crippen LogP contribution in [0.15, 0.2) is 12.3 Å². The highest BCUT2D eigenvalue weighted by atomic mass is 19.4. The lowest BCUT2D eigenvalue weighted by molar-refractivity contribution is -0.144. The Balaban J connectivity index is 2.91. The highest BCUT2D eigenvalue weighted by Crippen LogP contribution is 2.28. The molecule has 0 unspecified atom stereocenters. The molecule has 0 saturated heterocycles. The smallest absolute Gasteiger partial charge is 0.329 e. The molecule has 0 bridgehead atoms. The van der Waals surface area contributed by atoms with Crippen molar-refractivity contribution < 1.29 is 13.2 Å². The van der Waals surface area contributed by atoms with Gasteiger partial charge >= 0.3 is 6.18 Å². The van der Waals surface area contributed by atoms with Gasteiger partial charge < -0.3 is 5.73 Å². The lowest BCUT2D eigenvalue weighted by atomic mass is 10.4. The van der Waals surface area contributed by atoms with Gasteiger partial charge in [0.15, 0.2) is 0 Å². The first-order chi connectivity index (χ1) is 5.55. The van der Waals surface area contributed by atoms with Crippen molar-refractivity contribution in [3.63, 3.8) is 0 Å². The average Bonchev–Trinajstić information content (AvgIpc) is 2.34. The summed E-state index contributed by atoms with van der Waals surface area (Å²) in [4.78, 5) is 0. The predicted octanol–water partition coefficient (Wildman–Crippen LogP) is 0.861. The second-order valence-corrected chi connectivity index (χ2v) is 2.23. The fourth-order valence-electron chi connectivity index (χ4n) is 0.874. The Kier molecular flexibility index (Phi) is 2.37. The second kappa shape index (κ2) is 3.14. The van der Waals surface area contributed by atoms with Crippen LogP contribution in [0.1, 0.15) is 5.69 Å². The van der Waals surface area contributed by atoms with Crippen molar-refractivity contribution in [2.24, 2.45) is 5.73 Å². The van der Waals surface area contributed by atoms with E-state index in [-0.39, 0.29) is 13.1 Å². The molecule has 12 heavy (non-hydrogen) atoms. The van der Waals surface area contributed by atoms with Gasteiger partial charge in [0.05, 0.1) is 6.54 Å². The van der Waals surface area contributed by atoms with E-state index in [9.17, 15) is 13.2 Å². The van der Waals surface area contributed by atoms with E-state index in [1.54, 1.807) is 0 Å². The summed E-state index contributed by atoms with van der Waals surface area (Å²) in [5.74, 6) is 0. The number of alkyl halides is 3. The van der Waals surface area contributed by atoms with Gasteiger partial charge in [-0.3, -0.25) is 4.68 Å². The minimum Gasteiger partial charge on any atom is -0.329 e. The summed E-state index contributed by atoms with van der Waals surface area (Å²) in [6.45, 7) is 0.229. The maximum atomic E-state index is 12.1. The van der Waals surface area contributed by atoms with Crippen molar-refractivity contribution in [3.8, 4) is 0 Å². The number of hydrogen-bond donors (Lipinski definition) is 1. The first-order valence-electron chi connectivity index (χ1n) is 3.35. The summed E-state index contributed by atoms with van der Waals surface area (Å²) in [5, 5.41) is 3.49. The summed E-state index contributed by atoms with van der Waals surface area (Å²) >= 11 is 0. The van der Waals surface area contributed by atoms with Crippen LogP contribution in [-0.4, -0.2) is 16.3 Å². The SMILES string of the molecule is NCCn1nccc1C(F)(F)F. The Morgan fingerprint density at radius 3 is 2.67 bits per heavy atom. The van der Waals surface area contributed by atoms with Gasteiger partial charge in [0.1, 0.15) is 5.69 Å². The van der Waals surface area contributed by atoms with Gasteiger partial charge in [-0.1, -0.05) is 0 Å². The fourth-order valence-corrected chi connectivity index (χ4v) is 0.874.